The van der Waals surface area contributed by atoms with Gasteiger partial charge >= 0.3 is 6.09 Å². The van der Waals surface area contributed by atoms with Crippen LogP contribution in [0.1, 0.15) is 11.7 Å². The van der Waals surface area contributed by atoms with E-state index in [4.69, 9.17) is 9.47 Å². The van der Waals surface area contributed by atoms with Crippen molar-refractivity contribution in [1.29, 1.82) is 0 Å². The third kappa shape index (κ3) is 2.33. The molecule has 86 valence electrons. The number of nitrogens with zero attached hydrogens (tertiary/aromatic N) is 1. The van der Waals surface area contributed by atoms with E-state index < -0.39 is 0 Å². The van der Waals surface area contributed by atoms with E-state index in [1.54, 1.807) is 12.0 Å². The third-order valence-electron chi connectivity index (χ3n) is 2.62. The molecule has 4 nitrogen and oxygen atoms in total. The highest BCUT2D eigenvalue weighted by atomic mass is 16.6. The molecule has 1 saturated heterocycles. The van der Waals surface area contributed by atoms with Crippen LogP contribution >= 0.6 is 0 Å². The monoisotopic (exact) mass is 221 g/mol. The van der Waals surface area contributed by atoms with E-state index in [1.807, 2.05) is 30.3 Å². The lowest BCUT2D eigenvalue weighted by Gasteiger charge is -2.11. The maximum Gasteiger partial charge on any atom is 0.410 e. The van der Waals surface area contributed by atoms with E-state index in [1.165, 1.54) is 0 Å². The van der Waals surface area contributed by atoms with Crippen LogP contribution in [-0.2, 0) is 9.47 Å². The SMILES string of the molecule is COCCN1CC(c2ccccc2)OC1=O. The molecule has 1 aromatic rings. The molecule has 0 spiro atoms. The van der Waals surface area contributed by atoms with Crippen LogP contribution in [0.4, 0.5) is 4.79 Å². The summed E-state index contributed by atoms with van der Waals surface area (Å²) in [6, 6.07) is 9.78. The van der Waals surface area contributed by atoms with Gasteiger partial charge in [-0.25, -0.2) is 4.79 Å². The third-order valence-corrected chi connectivity index (χ3v) is 2.62. The lowest BCUT2D eigenvalue weighted by Crippen LogP contribution is -2.28. The fourth-order valence-corrected chi connectivity index (χ4v) is 1.73. The van der Waals surface area contributed by atoms with Gasteiger partial charge in [-0.05, 0) is 5.56 Å². The number of amides is 1. The quantitative estimate of drug-likeness (QED) is 0.778. The summed E-state index contributed by atoms with van der Waals surface area (Å²) in [5, 5.41) is 0. The van der Waals surface area contributed by atoms with Crippen LogP contribution in [0.3, 0.4) is 0 Å². The molecule has 1 fully saturated rings. The largest absolute Gasteiger partial charge is 0.439 e. The summed E-state index contributed by atoms with van der Waals surface area (Å²) in [7, 11) is 1.62. The Balaban J connectivity index is 1.98. The Morgan fingerprint density at radius 3 is 2.88 bits per heavy atom. The summed E-state index contributed by atoms with van der Waals surface area (Å²) < 4.78 is 10.2. The molecule has 1 unspecified atom stereocenters. The minimum absolute atomic E-state index is 0.148. The Morgan fingerprint density at radius 2 is 2.19 bits per heavy atom. The molecular weight excluding hydrogens is 206 g/mol. The second kappa shape index (κ2) is 4.99. The molecule has 1 aliphatic heterocycles. The number of ether oxygens (including phenoxy) is 2. The summed E-state index contributed by atoms with van der Waals surface area (Å²) >= 11 is 0. The lowest BCUT2D eigenvalue weighted by atomic mass is 10.1. The van der Waals surface area contributed by atoms with E-state index in [0.29, 0.717) is 19.7 Å². The van der Waals surface area contributed by atoms with Crippen LogP contribution in [0.25, 0.3) is 0 Å². The van der Waals surface area contributed by atoms with Crippen molar-refractivity contribution >= 4 is 6.09 Å². The average molecular weight is 221 g/mol. The molecular formula is C12H15NO3. The maximum absolute atomic E-state index is 11.5. The highest BCUT2D eigenvalue weighted by Crippen LogP contribution is 2.25. The molecule has 4 heteroatoms. The Kier molecular flexibility index (Phi) is 3.41. The second-order valence-corrected chi connectivity index (χ2v) is 3.72. The molecule has 0 saturated carbocycles. The van der Waals surface area contributed by atoms with Crippen molar-refractivity contribution < 1.29 is 14.3 Å². The first kappa shape index (κ1) is 11.0. The minimum atomic E-state index is -0.258. The van der Waals surface area contributed by atoms with Crippen molar-refractivity contribution in [3.8, 4) is 0 Å². The van der Waals surface area contributed by atoms with Crippen LogP contribution < -0.4 is 0 Å². The predicted molar refractivity (Wildman–Crippen MR) is 59.1 cm³/mol. The number of carbonyl (C=O) groups excluding carboxylic acids is 1. The van der Waals surface area contributed by atoms with Gasteiger partial charge in [0.1, 0.15) is 6.10 Å². The molecule has 0 N–H and O–H groups in total. The topological polar surface area (TPSA) is 38.8 Å². The molecule has 1 aromatic carbocycles. The molecule has 1 amide bonds. The van der Waals surface area contributed by atoms with Crippen molar-refractivity contribution in [2.75, 3.05) is 26.8 Å². The first-order valence-corrected chi connectivity index (χ1v) is 5.30. The van der Waals surface area contributed by atoms with E-state index in [-0.39, 0.29) is 12.2 Å². The van der Waals surface area contributed by atoms with Crippen molar-refractivity contribution in [2.24, 2.45) is 0 Å². The zero-order chi connectivity index (χ0) is 11.4. The van der Waals surface area contributed by atoms with Gasteiger partial charge < -0.3 is 14.4 Å². The van der Waals surface area contributed by atoms with Crippen molar-refractivity contribution in [3.05, 3.63) is 35.9 Å². The maximum atomic E-state index is 11.5. The highest BCUT2D eigenvalue weighted by Gasteiger charge is 2.31. The first-order chi connectivity index (χ1) is 7.81. The van der Waals surface area contributed by atoms with E-state index in [2.05, 4.69) is 0 Å². The van der Waals surface area contributed by atoms with Crippen LogP contribution in [0.5, 0.6) is 0 Å². The van der Waals surface area contributed by atoms with Gasteiger partial charge in [0, 0.05) is 13.7 Å². The first-order valence-electron chi connectivity index (χ1n) is 5.30. The Labute approximate surface area is 94.8 Å². The molecule has 0 aliphatic carbocycles. The summed E-state index contributed by atoms with van der Waals surface area (Å²) in [6.45, 7) is 1.72. The molecule has 0 bridgehead atoms. The number of cyclic esters (lactones) is 1. The van der Waals surface area contributed by atoms with Gasteiger partial charge in [-0.1, -0.05) is 30.3 Å². The van der Waals surface area contributed by atoms with Crippen molar-refractivity contribution in [3.63, 3.8) is 0 Å². The predicted octanol–water partition coefficient (Wildman–Crippen LogP) is 1.83. The average Bonchev–Trinajstić information content (AvgIpc) is 2.69. The number of rotatable bonds is 4. The normalized spacial score (nSPS) is 19.9. The Hall–Kier alpha value is -1.55. The summed E-state index contributed by atoms with van der Waals surface area (Å²) in [6.07, 6.45) is -0.406. The van der Waals surface area contributed by atoms with Crippen LogP contribution in [0, 0.1) is 0 Å². The van der Waals surface area contributed by atoms with Gasteiger partial charge in [-0.15, -0.1) is 0 Å². The molecule has 16 heavy (non-hydrogen) atoms. The number of benzene rings is 1. The van der Waals surface area contributed by atoms with Crippen molar-refractivity contribution in [1.82, 2.24) is 4.90 Å². The van der Waals surface area contributed by atoms with Gasteiger partial charge in [-0.3, -0.25) is 0 Å². The molecule has 1 heterocycles. The Morgan fingerprint density at radius 1 is 1.44 bits per heavy atom. The summed E-state index contributed by atoms with van der Waals surface area (Å²) in [5.74, 6) is 0. The summed E-state index contributed by atoms with van der Waals surface area (Å²) in [4.78, 5) is 13.2. The zero-order valence-corrected chi connectivity index (χ0v) is 9.26. The standard InChI is InChI=1S/C12H15NO3/c1-15-8-7-13-9-11(16-12(13)14)10-5-3-2-4-6-10/h2-6,11H,7-9H2,1H3. The van der Waals surface area contributed by atoms with Gasteiger partial charge in [-0.2, -0.15) is 0 Å². The van der Waals surface area contributed by atoms with Gasteiger partial charge in [0.05, 0.1) is 13.2 Å². The van der Waals surface area contributed by atoms with E-state index >= 15 is 0 Å². The molecule has 0 aromatic heterocycles. The highest BCUT2D eigenvalue weighted by molar-refractivity contribution is 5.70. The van der Waals surface area contributed by atoms with Gasteiger partial charge in [0.25, 0.3) is 0 Å². The second-order valence-electron chi connectivity index (χ2n) is 3.72. The lowest BCUT2D eigenvalue weighted by molar-refractivity contribution is 0.125. The fraction of sp³-hybridized carbons (Fsp3) is 0.417. The fourth-order valence-electron chi connectivity index (χ4n) is 1.73. The number of carbonyl (C=O) groups is 1. The van der Waals surface area contributed by atoms with Crippen LogP contribution in [0.2, 0.25) is 0 Å². The van der Waals surface area contributed by atoms with Gasteiger partial charge in [0.2, 0.25) is 0 Å². The number of hydrogen-bond donors (Lipinski definition) is 0. The van der Waals surface area contributed by atoms with Crippen molar-refractivity contribution in [2.45, 2.75) is 6.10 Å². The zero-order valence-electron chi connectivity index (χ0n) is 9.26. The van der Waals surface area contributed by atoms with E-state index in [9.17, 15) is 4.79 Å². The number of hydrogen-bond acceptors (Lipinski definition) is 3. The van der Waals surface area contributed by atoms with Crippen LogP contribution in [-0.4, -0.2) is 37.8 Å². The molecule has 1 aliphatic rings. The molecule has 1 atom stereocenters. The Bertz CT molecular complexity index is 353. The van der Waals surface area contributed by atoms with E-state index in [0.717, 1.165) is 5.56 Å². The molecule has 2 rings (SSSR count). The smallest absolute Gasteiger partial charge is 0.410 e. The summed E-state index contributed by atoms with van der Waals surface area (Å²) in [5.41, 5.74) is 1.04. The number of methoxy groups -OCH3 is 1. The minimum Gasteiger partial charge on any atom is -0.439 e. The van der Waals surface area contributed by atoms with Crippen LogP contribution in [0.15, 0.2) is 30.3 Å². The van der Waals surface area contributed by atoms with Gasteiger partial charge in [0.15, 0.2) is 0 Å². The molecule has 0 radical (unpaired) electrons.